The average Bonchev–Trinajstić information content (AvgIpc) is 2.93. The summed E-state index contributed by atoms with van der Waals surface area (Å²) in [5.41, 5.74) is 1.97. The Labute approximate surface area is 233 Å². The van der Waals surface area contributed by atoms with E-state index in [-0.39, 0.29) is 29.8 Å². The molecular formula is C33H42N2O4. The van der Waals surface area contributed by atoms with Gasteiger partial charge < -0.3 is 14.2 Å². The molecule has 5 atom stereocenters. The van der Waals surface area contributed by atoms with Crippen LogP contribution in [0, 0.1) is 23.2 Å². The van der Waals surface area contributed by atoms with Crippen LogP contribution in [0.4, 0.5) is 0 Å². The summed E-state index contributed by atoms with van der Waals surface area (Å²) in [5, 5.41) is 11.2. The highest BCUT2D eigenvalue weighted by Gasteiger charge is 2.54. The summed E-state index contributed by atoms with van der Waals surface area (Å²) in [7, 11) is 3.63. The second kappa shape index (κ2) is 12.0. The molecule has 0 N–H and O–H groups in total. The number of benzene rings is 2. The van der Waals surface area contributed by atoms with Crippen LogP contribution < -0.4 is 4.74 Å². The molecule has 1 aliphatic heterocycles. The van der Waals surface area contributed by atoms with Crippen molar-refractivity contribution in [3.05, 3.63) is 77.4 Å². The van der Waals surface area contributed by atoms with Crippen molar-refractivity contribution in [3.63, 3.8) is 0 Å². The minimum Gasteiger partial charge on any atom is -0.497 e. The van der Waals surface area contributed by atoms with Gasteiger partial charge in [0.05, 0.1) is 25.8 Å². The van der Waals surface area contributed by atoms with Crippen molar-refractivity contribution in [3.8, 4) is 11.8 Å². The van der Waals surface area contributed by atoms with Gasteiger partial charge in [0.25, 0.3) is 0 Å². The Morgan fingerprint density at radius 3 is 2.49 bits per heavy atom. The van der Waals surface area contributed by atoms with Crippen LogP contribution in [0.15, 0.2) is 66.2 Å². The van der Waals surface area contributed by atoms with E-state index < -0.39 is 11.3 Å². The van der Waals surface area contributed by atoms with Gasteiger partial charge in [0.2, 0.25) is 0 Å². The minimum absolute atomic E-state index is 0.205. The maximum Gasteiger partial charge on any atom is 0.163 e. The zero-order chi connectivity index (χ0) is 28.2. The number of methoxy groups -OCH3 is 1. The number of likely N-dealkylation sites (N-methyl/N-ethyl adjacent to an activating group) is 1. The van der Waals surface area contributed by atoms with Crippen LogP contribution in [0.2, 0.25) is 0 Å². The fourth-order valence-corrected chi connectivity index (χ4v) is 6.32. The molecule has 1 saturated heterocycles. The number of carbonyl (C=O) groups is 1. The largest absolute Gasteiger partial charge is 0.497 e. The lowest BCUT2D eigenvalue weighted by molar-refractivity contribution is -0.301. The Morgan fingerprint density at radius 1 is 1.18 bits per heavy atom. The minimum atomic E-state index is -1.09. The zero-order valence-corrected chi connectivity index (χ0v) is 24.1. The van der Waals surface area contributed by atoms with Crippen LogP contribution in [0.1, 0.15) is 70.6 Å². The molecule has 2 aliphatic rings. The maximum atomic E-state index is 13.5. The van der Waals surface area contributed by atoms with Crippen LogP contribution >= 0.6 is 0 Å². The number of ketones is 1. The van der Waals surface area contributed by atoms with E-state index >= 15 is 0 Å². The molecule has 39 heavy (non-hydrogen) atoms. The highest BCUT2D eigenvalue weighted by atomic mass is 16.7. The van der Waals surface area contributed by atoms with Crippen molar-refractivity contribution in [2.24, 2.45) is 11.8 Å². The van der Waals surface area contributed by atoms with Gasteiger partial charge in [-0.1, -0.05) is 54.1 Å². The number of rotatable bonds is 8. The summed E-state index contributed by atoms with van der Waals surface area (Å²) in [4.78, 5) is 15.6. The number of allylic oxidation sites excluding steroid dienone is 2. The molecule has 1 aliphatic carbocycles. The highest BCUT2D eigenvalue weighted by molar-refractivity contribution is 5.82. The van der Waals surface area contributed by atoms with Gasteiger partial charge in [-0.25, -0.2) is 0 Å². The Morgan fingerprint density at radius 2 is 1.87 bits per heavy atom. The molecule has 1 heterocycles. The standard InChI is InChI=1S/C33H42N2O4/c1-23(2)15-20-27-28(13-10-14-30(27)36)33(22-34,25-16-18-26(37-6)19-17-25)35(5)29-21-38-32(3,4)39-31(29)24-11-8-7-9-12-24/h7-9,11-12,15-19,27-29,31H,10,13-14,20-21H2,1-6H3/t27-,28+,29-,31-,33-/m0/s1. The lowest BCUT2D eigenvalue weighted by atomic mass is 9.63. The second-order valence-corrected chi connectivity index (χ2v) is 11.5. The molecule has 1 saturated carbocycles. The second-order valence-electron chi connectivity index (χ2n) is 11.5. The summed E-state index contributed by atoms with van der Waals surface area (Å²) < 4.78 is 18.2. The Hall–Kier alpha value is -2.98. The zero-order valence-electron chi connectivity index (χ0n) is 24.1. The third-order valence-corrected chi connectivity index (χ3v) is 8.40. The molecule has 2 fully saturated rings. The molecular weight excluding hydrogens is 488 g/mol. The SMILES string of the molecule is COc1ccc([C@@](C#N)([C@@H]2CCCC(=O)[C@H]2CC=C(C)C)N(C)[C@H]2COC(C)(C)O[C@H]2c2ccccc2)cc1. The molecule has 4 rings (SSSR count). The average molecular weight is 531 g/mol. The molecule has 2 aromatic carbocycles. The molecule has 0 unspecified atom stereocenters. The molecule has 0 bridgehead atoms. The summed E-state index contributed by atoms with van der Waals surface area (Å²) in [5.74, 6) is -0.261. The number of carbonyl (C=O) groups excluding carboxylic acids is 1. The van der Waals surface area contributed by atoms with Crippen LogP contribution in [0.25, 0.3) is 0 Å². The molecule has 2 aromatic rings. The molecule has 0 spiro atoms. The number of nitriles is 1. The van der Waals surface area contributed by atoms with Crippen LogP contribution in [0.5, 0.6) is 5.75 Å². The van der Waals surface area contributed by atoms with Gasteiger partial charge in [0, 0.05) is 18.3 Å². The first-order chi connectivity index (χ1) is 18.6. The normalized spacial score (nSPS) is 26.4. The lowest BCUT2D eigenvalue weighted by Gasteiger charge is -2.53. The molecule has 6 heteroatoms. The number of Topliss-reactive ketones (excluding diaryl/α,β-unsaturated/α-hetero) is 1. The van der Waals surface area contributed by atoms with E-state index in [4.69, 9.17) is 14.2 Å². The summed E-state index contributed by atoms with van der Waals surface area (Å²) >= 11 is 0. The van der Waals surface area contributed by atoms with E-state index in [9.17, 15) is 10.1 Å². The quantitative estimate of drug-likeness (QED) is 0.359. The Balaban J connectivity index is 1.87. The van der Waals surface area contributed by atoms with Crippen LogP contribution in [-0.2, 0) is 19.8 Å². The van der Waals surface area contributed by atoms with Crippen LogP contribution in [0.3, 0.4) is 0 Å². The van der Waals surface area contributed by atoms with Gasteiger partial charge in [-0.2, -0.15) is 5.26 Å². The van der Waals surface area contributed by atoms with E-state index in [0.29, 0.717) is 19.4 Å². The van der Waals surface area contributed by atoms with Crippen molar-refractivity contribution < 1.29 is 19.0 Å². The Bertz CT molecular complexity index is 1200. The lowest BCUT2D eigenvalue weighted by Crippen LogP contribution is -2.61. The molecule has 0 aromatic heterocycles. The fraction of sp³-hybridized carbons (Fsp3) is 0.515. The van der Waals surface area contributed by atoms with Gasteiger partial charge >= 0.3 is 0 Å². The predicted molar refractivity (Wildman–Crippen MR) is 152 cm³/mol. The van der Waals surface area contributed by atoms with Gasteiger partial charge in [-0.3, -0.25) is 9.69 Å². The molecule has 208 valence electrons. The van der Waals surface area contributed by atoms with Crippen molar-refractivity contribution >= 4 is 5.78 Å². The summed E-state index contributed by atoms with van der Waals surface area (Å²) in [6.07, 6.45) is 4.57. The molecule has 0 amide bonds. The number of hydrogen-bond donors (Lipinski definition) is 0. The molecule has 6 nitrogen and oxygen atoms in total. The van der Waals surface area contributed by atoms with E-state index in [2.05, 4.69) is 43.0 Å². The maximum absolute atomic E-state index is 13.5. The van der Waals surface area contributed by atoms with Crippen molar-refractivity contribution in [1.82, 2.24) is 4.90 Å². The first-order valence-corrected chi connectivity index (χ1v) is 13.9. The van der Waals surface area contributed by atoms with Crippen molar-refractivity contribution in [2.45, 2.75) is 76.9 Å². The molecule has 0 radical (unpaired) electrons. The summed E-state index contributed by atoms with van der Waals surface area (Å²) in [6, 6.07) is 20.4. The number of hydrogen-bond acceptors (Lipinski definition) is 6. The number of nitrogens with zero attached hydrogens (tertiary/aromatic N) is 2. The third kappa shape index (κ3) is 5.96. The monoisotopic (exact) mass is 530 g/mol. The van der Waals surface area contributed by atoms with Gasteiger partial charge in [0.1, 0.15) is 23.2 Å². The van der Waals surface area contributed by atoms with Crippen LogP contribution in [-0.4, -0.2) is 43.3 Å². The van der Waals surface area contributed by atoms with Crippen molar-refractivity contribution in [1.29, 1.82) is 5.26 Å². The van der Waals surface area contributed by atoms with Gasteiger partial charge in [0.15, 0.2) is 5.79 Å². The van der Waals surface area contributed by atoms with Gasteiger partial charge in [-0.05, 0) is 77.3 Å². The van der Waals surface area contributed by atoms with Crippen molar-refractivity contribution in [2.75, 3.05) is 20.8 Å². The first-order valence-electron chi connectivity index (χ1n) is 13.9. The first kappa shape index (κ1) is 29.0. The predicted octanol–water partition coefficient (Wildman–Crippen LogP) is 6.58. The number of ether oxygens (including phenoxy) is 3. The van der Waals surface area contributed by atoms with E-state index in [0.717, 1.165) is 29.7 Å². The third-order valence-electron chi connectivity index (χ3n) is 8.40. The summed E-state index contributed by atoms with van der Waals surface area (Å²) in [6.45, 7) is 8.35. The van der Waals surface area contributed by atoms with E-state index in [1.165, 1.54) is 5.57 Å². The van der Waals surface area contributed by atoms with E-state index in [1.54, 1.807) is 7.11 Å². The smallest absolute Gasteiger partial charge is 0.163 e. The fourth-order valence-electron chi connectivity index (χ4n) is 6.32. The van der Waals surface area contributed by atoms with Gasteiger partial charge in [-0.15, -0.1) is 0 Å². The topological polar surface area (TPSA) is 71.8 Å². The Kier molecular flexibility index (Phi) is 8.96. The van der Waals surface area contributed by atoms with E-state index in [1.807, 2.05) is 63.4 Å². The highest BCUT2D eigenvalue weighted by Crippen LogP contribution is 2.49.